The monoisotopic (exact) mass is 217 g/mol. The molecule has 0 aliphatic heterocycles. The van der Waals surface area contributed by atoms with Crippen LogP contribution in [0.1, 0.15) is 40.5 Å². The number of aliphatic hydroxyl groups is 1. The van der Waals surface area contributed by atoms with Crippen LogP contribution in [0.25, 0.3) is 0 Å². The van der Waals surface area contributed by atoms with Crippen LogP contribution in [0.4, 0.5) is 0 Å². The molecule has 0 saturated carbocycles. The smallest absolute Gasteiger partial charge is 0.0897 e. The Morgan fingerprint density at radius 1 is 1.13 bits per heavy atom. The lowest BCUT2D eigenvalue weighted by atomic mass is 10.1. The van der Waals surface area contributed by atoms with Gasteiger partial charge in [-0.1, -0.05) is 27.7 Å². The number of ether oxygens (including phenoxy) is 1. The molecular weight excluding hydrogens is 190 g/mol. The predicted molar refractivity (Wildman–Crippen MR) is 64.0 cm³/mol. The highest BCUT2D eigenvalue weighted by atomic mass is 16.5. The van der Waals surface area contributed by atoms with Crippen LogP contribution in [0, 0.1) is 5.92 Å². The van der Waals surface area contributed by atoms with Crippen molar-refractivity contribution in [2.24, 2.45) is 5.92 Å². The van der Waals surface area contributed by atoms with Crippen LogP contribution in [-0.4, -0.2) is 37.0 Å². The number of nitrogens with one attached hydrogen (secondary N) is 1. The zero-order valence-electron chi connectivity index (χ0n) is 10.6. The van der Waals surface area contributed by atoms with Gasteiger partial charge in [0.2, 0.25) is 0 Å². The van der Waals surface area contributed by atoms with E-state index in [9.17, 15) is 5.11 Å². The maximum atomic E-state index is 9.61. The molecule has 1 unspecified atom stereocenters. The summed E-state index contributed by atoms with van der Waals surface area (Å²) in [5, 5.41) is 12.9. The van der Waals surface area contributed by atoms with Gasteiger partial charge in [0.1, 0.15) is 0 Å². The summed E-state index contributed by atoms with van der Waals surface area (Å²) in [6.07, 6.45) is 1.83. The fraction of sp³-hybridized carbons (Fsp3) is 1.00. The van der Waals surface area contributed by atoms with Crippen LogP contribution < -0.4 is 5.32 Å². The number of hydrogen-bond acceptors (Lipinski definition) is 3. The minimum atomic E-state index is -0.385. The van der Waals surface area contributed by atoms with E-state index < -0.39 is 0 Å². The molecular formula is C12H27NO2. The molecule has 0 heterocycles. The molecule has 0 amide bonds. The summed E-state index contributed by atoms with van der Waals surface area (Å²) in [5.41, 5.74) is 0. The van der Waals surface area contributed by atoms with Crippen molar-refractivity contribution in [3.63, 3.8) is 0 Å². The first-order valence-corrected chi connectivity index (χ1v) is 6.09. The van der Waals surface area contributed by atoms with Gasteiger partial charge in [-0.15, -0.1) is 0 Å². The summed E-state index contributed by atoms with van der Waals surface area (Å²) < 4.78 is 5.37. The minimum Gasteiger partial charge on any atom is -0.389 e. The molecule has 92 valence electrons. The molecule has 3 nitrogen and oxygen atoms in total. The maximum Gasteiger partial charge on any atom is 0.0897 e. The summed E-state index contributed by atoms with van der Waals surface area (Å²) in [6.45, 7) is 10.3. The summed E-state index contributed by atoms with van der Waals surface area (Å²) >= 11 is 0. The van der Waals surface area contributed by atoms with Gasteiger partial charge in [0, 0.05) is 19.2 Å². The molecule has 0 bridgehead atoms. The number of rotatable bonds is 9. The molecule has 0 spiro atoms. The van der Waals surface area contributed by atoms with E-state index in [0.717, 1.165) is 19.4 Å². The molecule has 0 fully saturated rings. The molecule has 1 atom stereocenters. The Morgan fingerprint density at radius 3 is 2.20 bits per heavy atom. The number of hydrogen-bond donors (Lipinski definition) is 2. The van der Waals surface area contributed by atoms with E-state index in [0.29, 0.717) is 25.1 Å². The average Bonchev–Trinajstić information content (AvgIpc) is 2.18. The average molecular weight is 217 g/mol. The third-order valence-electron chi connectivity index (χ3n) is 2.39. The largest absolute Gasteiger partial charge is 0.389 e. The van der Waals surface area contributed by atoms with Gasteiger partial charge < -0.3 is 15.2 Å². The molecule has 3 heteroatoms. The summed E-state index contributed by atoms with van der Waals surface area (Å²) in [7, 11) is 0. The van der Waals surface area contributed by atoms with E-state index in [2.05, 4.69) is 33.0 Å². The van der Waals surface area contributed by atoms with Gasteiger partial charge in [-0.2, -0.15) is 0 Å². The first-order chi connectivity index (χ1) is 7.10. The van der Waals surface area contributed by atoms with Gasteiger partial charge in [0.25, 0.3) is 0 Å². The van der Waals surface area contributed by atoms with Crippen LogP contribution in [0.2, 0.25) is 0 Å². The SMILES string of the molecule is CCC(CC)NCC(O)COCC(C)C. The Bertz CT molecular complexity index is 136. The van der Waals surface area contributed by atoms with E-state index in [4.69, 9.17) is 4.74 Å². The van der Waals surface area contributed by atoms with Crippen molar-refractivity contribution >= 4 is 0 Å². The molecule has 0 aromatic heterocycles. The molecule has 0 aliphatic carbocycles. The van der Waals surface area contributed by atoms with Crippen molar-refractivity contribution in [2.45, 2.75) is 52.7 Å². The third kappa shape index (κ3) is 8.85. The van der Waals surface area contributed by atoms with Crippen LogP contribution in [0.5, 0.6) is 0 Å². The first kappa shape index (κ1) is 14.9. The second-order valence-electron chi connectivity index (χ2n) is 4.51. The van der Waals surface area contributed by atoms with Crippen molar-refractivity contribution < 1.29 is 9.84 Å². The Kier molecular flexibility index (Phi) is 9.06. The second kappa shape index (κ2) is 9.13. The second-order valence-corrected chi connectivity index (χ2v) is 4.51. The zero-order chi connectivity index (χ0) is 11.7. The lowest BCUT2D eigenvalue weighted by Gasteiger charge is -2.18. The van der Waals surface area contributed by atoms with E-state index in [1.807, 2.05) is 0 Å². The molecule has 0 rings (SSSR count). The fourth-order valence-corrected chi connectivity index (χ4v) is 1.38. The normalized spacial score (nSPS) is 13.8. The van der Waals surface area contributed by atoms with Gasteiger partial charge >= 0.3 is 0 Å². The van der Waals surface area contributed by atoms with Gasteiger partial charge in [0.15, 0.2) is 0 Å². The molecule has 0 saturated heterocycles. The molecule has 2 N–H and O–H groups in total. The van der Waals surface area contributed by atoms with Crippen LogP contribution in [0.3, 0.4) is 0 Å². The first-order valence-electron chi connectivity index (χ1n) is 6.09. The van der Waals surface area contributed by atoms with Crippen molar-refractivity contribution in [3.8, 4) is 0 Å². The molecule has 0 aromatic rings. The summed E-state index contributed by atoms with van der Waals surface area (Å²) in [4.78, 5) is 0. The van der Waals surface area contributed by atoms with Gasteiger partial charge in [-0.3, -0.25) is 0 Å². The minimum absolute atomic E-state index is 0.385. The van der Waals surface area contributed by atoms with Gasteiger partial charge in [0.05, 0.1) is 12.7 Å². The molecule has 0 aliphatic rings. The van der Waals surface area contributed by atoms with Crippen molar-refractivity contribution in [2.75, 3.05) is 19.8 Å². The van der Waals surface area contributed by atoms with E-state index >= 15 is 0 Å². The van der Waals surface area contributed by atoms with Crippen LogP contribution >= 0.6 is 0 Å². The van der Waals surface area contributed by atoms with Gasteiger partial charge in [-0.25, -0.2) is 0 Å². The Labute approximate surface area is 94.2 Å². The highest BCUT2D eigenvalue weighted by Crippen LogP contribution is 1.97. The quantitative estimate of drug-likeness (QED) is 0.619. The topological polar surface area (TPSA) is 41.5 Å². The maximum absolute atomic E-state index is 9.61. The summed E-state index contributed by atoms with van der Waals surface area (Å²) in [6, 6.07) is 0.518. The van der Waals surface area contributed by atoms with Gasteiger partial charge in [-0.05, 0) is 18.8 Å². The van der Waals surface area contributed by atoms with Crippen LogP contribution in [0.15, 0.2) is 0 Å². The third-order valence-corrected chi connectivity index (χ3v) is 2.39. The molecule has 0 aromatic carbocycles. The lowest BCUT2D eigenvalue weighted by molar-refractivity contribution is 0.0249. The lowest BCUT2D eigenvalue weighted by Crippen LogP contribution is -2.37. The Morgan fingerprint density at radius 2 is 1.73 bits per heavy atom. The predicted octanol–water partition coefficient (Wildman–Crippen LogP) is 1.80. The van der Waals surface area contributed by atoms with Crippen molar-refractivity contribution in [1.82, 2.24) is 5.32 Å². The fourth-order valence-electron chi connectivity index (χ4n) is 1.38. The van der Waals surface area contributed by atoms with E-state index in [1.54, 1.807) is 0 Å². The van der Waals surface area contributed by atoms with Crippen LogP contribution in [-0.2, 0) is 4.74 Å². The van der Waals surface area contributed by atoms with E-state index in [-0.39, 0.29) is 6.10 Å². The summed E-state index contributed by atoms with van der Waals surface area (Å²) in [5.74, 6) is 0.532. The Balaban J connectivity index is 3.43. The standard InChI is InChI=1S/C12H27NO2/c1-5-11(6-2)13-7-12(14)9-15-8-10(3)4/h10-14H,5-9H2,1-4H3. The highest BCUT2D eigenvalue weighted by molar-refractivity contribution is 4.66. The van der Waals surface area contributed by atoms with E-state index in [1.165, 1.54) is 0 Å². The van der Waals surface area contributed by atoms with Crippen molar-refractivity contribution in [3.05, 3.63) is 0 Å². The number of aliphatic hydroxyl groups excluding tert-OH is 1. The highest BCUT2D eigenvalue weighted by Gasteiger charge is 2.08. The Hall–Kier alpha value is -0.120. The zero-order valence-corrected chi connectivity index (χ0v) is 10.6. The molecule has 0 radical (unpaired) electrons. The van der Waals surface area contributed by atoms with Crippen molar-refractivity contribution in [1.29, 1.82) is 0 Å². The molecule has 15 heavy (non-hydrogen) atoms.